The highest BCUT2D eigenvalue weighted by Gasteiger charge is 2.11. The van der Waals surface area contributed by atoms with Gasteiger partial charge in [-0.05, 0) is 35.7 Å². The van der Waals surface area contributed by atoms with Crippen LogP contribution in [0, 0.1) is 0 Å². The molecule has 128 valence electrons. The second-order valence-corrected chi connectivity index (χ2v) is 6.08. The van der Waals surface area contributed by atoms with E-state index in [9.17, 15) is 4.79 Å². The number of hydrogen-bond donors (Lipinski definition) is 1. The molecule has 0 spiro atoms. The summed E-state index contributed by atoms with van der Waals surface area (Å²) in [7, 11) is 0. The van der Waals surface area contributed by atoms with E-state index in [1.807, 2.05) is 36.4 Å². The number of nitrogens with one attached hydrogen (secondary N) is 1. The largest absolute Gasteiger partial charge is 0.339 e. The summed E-state index contributed by atoms with van der Waals surface area (Å²) in [6.45, 7) is 4.27. The summed E-state index contributed by atoms with van der Waals surface area (Å²) in [5, 5.41) is 6.79. The fourth-order valence-electron chi connectivity index (χ4n) is 2.36. The van der Waals surface area contributed by atoms with Crippen molar-refractivity contribution in [1.82, 2.24) is 15.1 Å². The highest BCUT2D eigenvalue weighted by atomic mass is 16.5. The lowest BCUT2D eigenvalue weighted by Crippen LogP contribution is -2.12. The van der Waals surface area contributed by atoms with Crippen LogP contribution < -0.4 is 5.32 Å². The van der Waals surface area contributed by atoms with E-state index < -0.39 is 0 Å². The van der Waals surface area contributed by atoms with E-state index in [0.29, 0.717) is 24.1 Å². The lowest BCUT2D eigenvalue weighted by molar-refractivity contribution is -0.116. The second-order valence-electron chi connectivity index (χ2n) is 6.08. The number of anilines is 1. The molecule has 1 amide bonds. The Balaban J connectivity index is 1.53. The second kappa shape index (κ2) is 7.70. The molecule has 6 heteroatoms. The molecule has 3 rings (SSSR count). The van der Waals surface area contributed by atoms with Crippen molar-refractivity contribution in [3.63, 3.8) is 0 Å². The van der Waals surface area contributed by atoms with Gasteiger partial charge in [-0.25, -0.2) is 0 Å². The molecule has 0 saturated carbocycles. The maximum absolute atomic E-state index is 12.1. The molecular formula is C19H20N4O2. The van der Waals surface area contributed by atoms with Gasteiger partial charge in [0.15, 0.2) is 0 Å². The van der Waals surface area contributed by atoms with Crippen LogP contribution in [0.5, 0.6) is 0 Å². The summed E-state index contributed by atoms with van der Waals surface area (Å²) in [6, 6.07) is 11.6. The Morgan fingerprint density at radius 3 is 2.68 bits per heavy atom. The van der Waals surface area contributed by atoms with E-state index in [1.54, 1.807) is 12.4 Å². The molecule has 25 heavy (non-hydrogen) atoms. The Labute approximate surface area is 146 Å². The van der Waals surface area contributed by atoms with E-state index in [0.717, 1.165) is 11.3 Å². The van der Waals surface area contributed by atoms with Crippen LogP contribution in [-0.4, -0.2) is 21.0 Å². The number of aromatic nitrogens is 3. The third-order valence-corrected chi connectivity index (χ3v) is 3.81. The van der Waals surface area contributed by atoms with Gasteiger partial charge in [0.05, 0.1) is 0 Å². The molecule has 0 atom stereocenters. The van der Waals surface area contributed by atoms with Gasteiger partial charge in [0.25, 0.3) is 0 Å². The molecule has 1 N–H and O–H groups in total. The third kappa shape index (κ3) is 4.50. The fourth-order valence-corrected chi connectivity index (χ4v) is 2.36. The molecule has 0 unspecified atom stereocenters. The molecule has 6 nitrogen and oxygen atoms in total. The van der Waals surface area contributed by atoms with Crippen molar-refractivity contribution in [3.05, 3.63) is 60.2 Å². The molecule has 2 heterocycles. The number of hydrogen-bond acceptors (Lipinski definition) is 5. The van der Waals surface area contributed by atoms with Crippen LogP contribution in [0.4, 0.5) is 5.69 Å². The van der Waals surface area contributed by atoms with Gasteiger partial charge >= 0.3 is 0 Å². The number of carbonyl (C=O) groups excluding carboxylic acids is 1. The zero-order chi connectivity index (χ0) is 17.6. The number of nitrogens with zero attached hydrogens (tertiary/aromatic N) is 3. The van der Waals surface area contributed by atoms with Gasteiger partial charge in [-0.3, -0.25) is 9.78 Å². The van der Waals surface area contributed by atoms with Crippen molar-refractivity contribution < 1.29 is 9.32 Å². The van der Waals surface area contributed by atoms with Crippen LogP contribution in [0.25, 0.3) is 11.4 Å². The topological polar surface area (TPSA) is 80.9 Å². The first kappa shape index (κ1) is 16.8. The molecule has 0 aliphatic carbocycles. The Morgan fingerprint density at radius 2 is 2.00 bits per heavy atom. The van der Waals surface area contributed by atoms with E-state index in [2.05, 4.69) is 34.3 Å². The first-order valence-electron chi connectivity index (χ1n) is 8.24. The number of aryl methyl sites for hydroxylation is 1. The molecule has 0 bridgehead atoms. The van der Waals surface area contributed by atoms with Crippen molar-refractivity contribution in [2.45, 2.75) is 32.6 Å². The Hall–Kier alpha value is -3.02. The number of benzene rings is 1. The molecule has 0 aliphatic heterocycles. The van der Waals surface area contributed by atoms with Crippen LogP contribution >= 0.6 is 0 Å². The highest BCUT2D eigenvalue weighted by Crippen LogP contribution is 2.18. The first-order chi connectivity index (χ1) is 12.1. The molecule has 0 saturated heterocycles. The van der Waals surface area contributed by atoms with Crippen molar-refractivity contribution in [2.75, 3.05) is 5.32 Å². The summed E-state index contributed by atoms with van der Waals surface area (Å²) in [5.41, 5.74) is 2.81. The minimum Gasteiger partial charge on any atom is -0.339 e. The smallest absolute Gasteiger partial charge is 0.227 e. The van der Waals surface area contributed by atoms with Crippen molar-refractivity contribution in [2.24, 2.45) is 0 Å². The molecule has 0 fully saturated rings. The van der Waals surface area contributed by atoms with Gasteiger partial charge in [0.2, 0.25) is 17.6 Å². The Morgan fingerprint density at radius 1 is 1.20 bits per heavy atom. The Bertz CT molecular complexity index is 826. The zero-order valence-corrected chi connectivity index (χ0v) is 14.3. The van der Waals surface area contributed by atoms with Crippen LogP contribution in [0.3, 0.4) is 0 Å². The minimum absolute atomic E-state index is 0.0848. The number of pyridine rings is 1. The van der Waals surface area contributed by atoms with Gasteiger partial charge in [-0.15, -0.1) is 0 Å². The average Bonchev–Trinajstić information content (AvgIpc) is 3.10. The fraction of sp³-hybridized carbons (Fsp3) is 0.263. The van der Waals surface area contributed by atoms with E-state index in [1.165, 1.54) is 5.56 Å². The summed E-state index contributed by atoms with van der Waals surface area (Å²) >= 11 is 0. The van der Waals surface area contributed by atoms with Crippen molar-refractivity contribution >= 4 is 11.6 Å². The van der Waals surface area contributed by atoms with E-state index in [-0.39, 0.29) is 12.3 Å². The summed E-state index contributed by atoms with van der Waals surface area (Å²) in [6.07, 6.45) is 4.02. The molecule has 0 aliphatic rings. The first-order valence-corrected chi connectivity index (χ1v) is 8.24. The maximum Gasteiger partial charge on any atom is 0.227 e. The van der Waals surface area contributed by atoms with Gasteiger partial charge in [0.1, 0.15) is 0 Å². The molecular weight excluding hydrogens is 316 g/mol. The average molecular weight is 336 g/mol. The monoisotopic (exact) mass is 336 g/mol. The lowest BCUT2D eigenvalue weighted by atomic mass is 10.0. The van der Waals surface area contributed by atoms with Gasteiger partial charge in [0, 0.05) is 36.5 Å². The van der Waals surface area contributed by atoms with E-state index in [4.69, 9.17) is 4.52 Å². The summed E-state index contributed by atoms with van der Waals surface area (Å²) < 4.78 is 5.19. The van der Waals surface area contributed by atoms with Crippen LogP contribution in [0.2, 0.25) is 0 Å². The van der Waals surface area contributed by atoms with Crippen LogP contribution in [0.1, 0.15) is 37.6 Å². The van der Waals surface area contributed by atoms with Gasteiger partial charge in [-0.1, -0.05) is 31.1 Å². The molecule has 3 aromatic rings. The molecule has 1 aromatic carbocycles. The van der Waals surface area contributed by atoms with E-state index >= 15 is 0 Å². The van der Waals surface area contributed by atoms with Gasteiger partial charge < -0.3 is 9.84 Å². The SMILES string of the molecule is CC(C)c1ccc(NC(=O)CCc2nc(-c3cccnc3)no2)cc1. The molecule has 2 aromatic heterocycles. The standard InChI is InChI=1S/C19H20N4O2/c1-13(2)14-5-7-16(8-6-14)21-17(24)9-10-18-22-19(23-25-18)15-4-3-11-20-12-15/h3-8,11-13H,9-10H2,1-2H3,(H,21,24). The third-order valence-electron chi connectivity index (χ3n) is 3.81. The zero-order valence-electron chi connectivity index (χ0n) is 14.3. The van der Waals surface area contributed by atoms with Gasteiger partial charge in [-0.2, -0.15) is 4.98 Å². The van der Waals surface area contributed by atoms with Crippen molar-refractivity contribution in [3.8, 4) is 11.4 Å². The summed E-state index contributed by atoms with van der Waals surface area (Å²) in [5.74, 6) is 1.30. The number of carbonyl (C=O) groups is 1. The summed E-state index contributed by atoms with van der Waals surface area (Å²) in [4.78, 5) is 20.4. The molecule has 0 radical (unpaired) electrons. The predicted molar refractivity (Wildman–Crippen MR) is 95.0 cm³/mol. The number of amides is 1. The maximum atomic E-state index is 12.1. The van der Waals surface area contributed by atoms with Crippen LogP contribution in [-0.2, 0) is 11.2 Å². The van der Waals surface area contributed by atoms with Crippen LogP contribution in [0.15, 0.2) is 53.3 Å². The Kier molecular flexibility index (Phi) is 5.18. The highest BCUT2D eigenvalue weighted by molar-refractivity contribution is 5.90. The number of rotatable bonds is 6. The predicted octanol–water partition coefficient (Wildman–Crippen LogP) is 3.83. The lowest BCUT2D eigenvalue weighted by Gasteiger charge is -2.08. The van der Waals surface area contributed by atoms with Crippen molar-refractivity contribution in [1.29, 1.82) is 0 Å². The quantitative estimate of drug-likeness (QED) is 0.740. The normalized spacial score (nSPS) is 10.8. The minimum atomic E-state index is -0.0848.